The van der Waals surface area contributed by atoms with Gasteiger partial charge < -0.3 is 5.32 Å². The summed E-state index contributed by atoms with van der Waals surface area (Å²) in [6.07, 6.45) is 1.76. The maximum atomic E-state index is 9.10. The lowest BCUT2D eigenvalue weighted by molar-refractivity contribution is 1.15. The molecule has 3 rings (SSSR count). The SMILES string of the molecule is N#Cc1ccccc1NCc1ccc(Cl)c2cccnc12. The average molecular weight is 294 g/mol. The second-order valence-electron chi connectivity index (χ2n) is 4.62. The molecular formula is C17H12ClN3. The number of hydrogen-bond acceptors (Lipinski definition) is 3. The predicted molar refractivity (Wildman–Crippen MR) is 85.2 cm³/mol. The van der Waals surface area contributed by atoms with Gasteiger partial charge in [0.05, 0.1) is 16.8 Å². The molecule has 0 unspecified atom stereocenters. The molecule has 2 aromatic carbocycles. The molecule has 3 aromatic rings. The predicted octanol–water partition coefficient (Wildman–Crippen LogP) is 4.37. The summed E-state index contributed by atoms with van der Waals surface area (Å²) < 4.78 is 0. The highest BCUT2D eigenvalue weighted by molar-refractivity contribution is 6.35. The number of anilines is 1. The van der Waals surface area contributed by atoms with Crippen molar-refractivity contribution in [3.63, 3.8) is 0 Å². The van der Waals surface area contributed by atoms with Gasteiger partial charge in [-0.25, -0.2) is 0 Å². The number of nitrogens with one attached hydrogen (secondary N) is 1. The number of para-hydroxylation sites is 1. The molecule has 1 heterocycles. The lowest BCUT2D eigenvalue weighted by Gasteiger charge is -2.10. The Labute approximate surface area is 127 Å². The van der Waals surface area contributed by atoms with Crippen LogP contribution in [0.1, 0.15) is 11.1 Å². The van der Waals surface area contributed by atoms with E-state index in [1.807, 2.05) is 42.5 Å². The Balaban J connectivity index is 1.93. The standard InChI is InChI=1S/C17H12ClN3/c18-15-8-7-13(17-14(15)5-3-9-20-17)11-21-16-6-2-1-4-12(16)10-19/h1-9,21H,11H2. The van der Waals surface area contributed by atoms with Crippen molar-refractivity contribution in [3.8, 4) is 6.07 Å². The second kappa shape index (κ2) is 5.82. The van der Waals surface area contributed by atoms with Gasteiger partial charge in [-0.05, 0) is 35.9 Å². The van der Waals surface area contributed by atoms with Gasteiger partial charge in [-0.2, -0.15) is 5.26 Å². The summed E-state index contributed by atoms with van der Waals surface area (Å²) in [6, 6.07) is 17.3. The summed E-state index contributed by atoms with van der Waals surface area (Å²) in [4.78, 5) is 4.41. The number of pyridine rings is 1. The van der Waals surface area contributed by atoms with E-state index >= 15 is 0 Å². The van der Waals surface area contributed by atoms with E-state index in [0.717, 1.165) is 22.2 Å². The highest BCUT2D eigenvalue weighted by Crippen LogP contribution is 2.25. The molecule has 102 valence electrons. The maximum Gasteiger partial charge on any atom is 0.101 e. The molecule has 0 saturated heterocycles. The summed E-state index contributed by atoms with van der Waals surface area (Å²) in [5.74, 6) is 0. The molecule has 0 amide bonds. The Kier molecular flexibility index (Phi) is 3.72. The molecule has 0 spiro atoms. The fourth-order valence-electron chi connectivity index (χ4n) is 2.26. The zero-order chi connectivity index (χ0) is 14.7. The molecule has 0 radical (unpaired) electrons. The van der Waals surface area contributed by atoms with Crippen molar-refractivity contribution < 1.29 is 0 Å². The van der Waals surface area contributed by atoms with E-state index in [9.17, 15) is 0 Å². The molecular weight excluding hydrogens is 282 g/mol. The van der Waals surface area contributed by atoms with Gasteiger partial charge in [0.25, 0.3) is 0 Å². The van der Waals surface area contributed by atoms with Crippen LogP contribution in [0.3, 0.4) is 0 Å². The topological polar surface area (TPSA) is 48.7 Å². The summed E-state index contributed by atoms with van der Waals surface area (Å²) in [5.41, 5.74) is 3.37. The Morgan fingerprint density at radius 3 is 2.81 bits per heavy atom. The minimum absolute atomic E-state index is 0.587. The van der Waals surface area contributed by atoms with Gasteiger partial charge in [0, 0.05) is 23.2 Å². The first-order valence-corrected chi connectivity index (χ1v) is 6.92. The third-order valence-corrected chi connectivity index (χ3v) is 3.65. The number of hydrogen-bond donors (Lipinski definition) is 1. The molecule has 4 heteroatoms. The van der Waals surface area contributed by atoms with E-state index in [1.165, 1.54) is 0 Å². The minimum atomic E-state index is 0.587. The molecule has 0 aliphatic heterocycles. The number of nitrogens with zero attached hydrogens (tertiary/aromatic N) is 2. The number of benzene rings is 2. The maximum absolute atomic E-state index is 9.10. The lowest BCUT2D eigenvalue weighted by Crippen LogP contribution is -2.02. The van der Waals surface area contributed by atoms with Gasteiger partial charge in [-0.1, -0.05) is 29.8 Å². The fraction of sp³-hybridized carbons (Fsp3) is 0.0588. The Morgan fingerprint density at radius 1 is 1.10 bits per heavy atom. The molecule has 0 aliphatic rings. The highest BCUT2D eigenvalue weighted by atomic mass is 35.5. The Morgan fingerprint density at radius 2 is 1.95 bits per heavy atom. The van der Waals surface area contributed by atoms with E-state index in [0.29, 0.717) is 17.1 Å². The quantitative estimate of drug-likeness (QED) is 0.780. The van der Waals surface area contributed by atoms with Crippen molar-refractivity contribution in [1.29, 1.82) is 5.26 Å². The molecule has 0 saturated carbocycles. The first kappa shape index (κ1) is 13.4. The molecule has 1 aromatic heterocycles. The van der Waals surface area contributed by atoms with Crippen LogP contribution in [0, 0.1) is 11.3 Å². The van der Waals surface area contributed by atoms with Gasteiger partial charge >= 0.3 is 0 Å². The summed E-state index contributed by atoms with van der Waals surface area (Å²) in [7, 11) is 0. The molecule has 0 aliphatic carbocycles. The zero-order valence-electron chi connectivity index (χ0n) is 11.2. The number of rotatable bonds is 3. The highest BCUT2D eigenvalue weighted by Gasteiger charge is 2.06. The molecule has 0 bridgehead atoms. The van der Waals surface area contributed by atoms with Crippen molar-refractivity contribution in [1.82, 2.24) is 4.98 Å². The van der Waals surface area contributed by atoms with Crippen LogP contribution in [-0.4, -0.2) is 4.98 Å². The zero-order valence-corrected chi connectivity index (χ0v) is 11.9. The number of aromatic nitrogens is 1. The third-order valence-electron chi connectivity index (χ3n) is 3.32. The largest absolute Gasteiger partial charge is 0.380 e. The van der Waals surface area contributed by atoms with Crippen molar-refractivity contribution in [2.24, 2.45) is 0 Å². The van der Waals surface area contributed by atoms with Crippen LogP contribution in [0.2, 0.25) is 5.02 Å². The molecule has 3 nitrogen and oxygen atoms in total. The van der Waals surface area contributed by atoms with Crippen molar-refractivity contribution in [3.05, 3.63) is 70.9 Å². The van der Waals surface area contributed by atoms with Crippen LogP contribution < -0.4 is 5.32 Å². The Bertz CT molecular complexity index is 837. The van der Waals surface area contributed by atoms with Gasteiger partial charge in [0.15, 0.2) is 0 Å². The smallest absolute Gasteiger partial charge is 0.101 e. The average Bonchev–Trinajstić information content (AvgIpc) is 2.55. The van der Waals surface area contributed by atoms with Crippen molar-refractivity contribution in [2.45, 2.75) is 6.54 Å². The van der Waals surface area contributed by atoms with Crippen LogP contribution in [0.5, 0.6) is 0 Å². The fourth-order valence-corrected chi connectivity index (χ4v) is 2.48. The molecule has 0 atom stereocenters. The molecule has 0 fully saturated rings. The first-order valence-electron chi connectivity index (χ1n) is 6.54. The monoisotopic (exact) mass is 293 g/mol. The van der Waals surface area contributed by atoms with Gasteiger partial charge in [-0.3, -0.25) is 4.98 Å². The van der Waals surface area contributed by atoms with E-state index in [1.54, 1.807) is 12.3 Å². The molecule has 1 N–H and O–H groups in total. The van der Waals surface area contributed by atoms with E-state index in [2.05, 4.69) is 16.4 Å². The van der Waals surface area contributed by atoms with Gasteiger partial charge in [0.2, 0.25) is 0 Å². The van der Waals surface area contributed by atoms with Crippen molar-refractivity contribution >= 4 is 28.2 Å². The summed E-state index contributed by atoms with van der Waals surface area (Å²) in [6.45, 7) is 0.587. The number of nitriles is 1. The van der Waals surface area contributed by atoms with Crippen LogP contribution >= 0.6 is 11.6 Å². The van der Waals surface area contributed by atoms with Crippen LogP contribution in [-0.2, 0) is 6.54 Å². The Hall–Kier alpha value is -2.57. The van der Waals surface area contributed by atoms with Crippen LogP contribution in [0.15, 0.2) is 54.7 Å². The van der Waals surface area contributed by atoms with Gasteiger partial charge in [0.1, 0.15) is 6.07 Å². The summed E-state index contributed by atoms with van der Waals surface area (Å²) >= 11 is 6.19. The second-order valence-corrected chi connectivity index (χ2v) is 5.02. The van der Waals surface area contributed by atoms with Crippen molar-refractivity contribution in [2.75, 3.05) is 5.32 Å². The lowest BCUT2D eigenvalue weighted by atomic mass is 10.1. The van der Waals surface area contributed by atoms with E-state index in [4.69, 9.17) is 16.9 Å². The normalized spacial score (nSPS) is 10.3. The summed E-state index contributed by atoms with van der Waals surface area (Å²) in [5, 5.41) is 14.0. The third kappa shape index (κ3) is 2.67. The molecule has 21 heavy (non-hydrogen) atoms. The van der Waals surface area contributed by atoms with Gasteiger partial charge in [-0.15, -0.1) is 0 Å². The first-order chi connectivity index (χ1) is 10.3. The minimum Gasteiger partial charge on any atom is -0.380 e. The number of halogens is 1. The van der Waals surface area contributed by atoms with E-state index < -0.39 is 0 Å². The number of fused-ring (bicyclic) bond motifs is 1. The van der Waals surface area contributed by atoms with E-state index in [-0.39, 0.29) is 0 Å². The van der Waals surface area contributed by atoms with Crippen LogP contribution in [0.25, 0.3) is 10.9 Å². The van der Waals surface area contributed by atoms with Crippen LogP contribution in [0.4, 0.5) is 5.69 Å².